The van der Waals surface area contributed by atoms with E-state index in [9.17, 15) is 18.0 Å². The van der Waals surface area contributed by atoms with Gasteiger partial charge in [-0.3, -0.25) is 13.9 Å². The molecule has 7 nitrogen and oxygen atoms in total. The summed E-state index contributed by atoms with van der Waals surface area (Å²) in [5.41, 5.74) is 3.21. The number of nitrogens with one attached hydrogen (secondary N) is 1. The fourth-order valence-electron chi connectivity index (χ4n) is 4.35. The lowest BCUT2D eigenvalue weighted by Gasteiger charge is -2.34. The lowest BCUT2D eigenvalue weighted by atomic mass is 10.0. The molecule has 0 fully saturated rings. The Morgan fingerprint density at radius 1 is 0.795 bits per heavy atom. The molecule has 0 aliphatic rings. The number of benzene rings is 3. The third-order valence-electron chi connectivity index (χ3n) is 6.42. The molecule has 3 aromatic rings. The first-order chi connectivity index (χ1) is 18.5. The number of sulfonamides is 1. The van der Waals surface area contributed by atoms with E-state index < -0.39 is 28.5 Å². The number of hydrogen-bond donors (Lipinski definition) is 1. The molecule has 0 radical (unpaired) electrons. The minimum atomic E-state index is -3.79. The summed E-state index contributed by atoms with van der Waals surface area (Å²) in [5, 5.41) is 2.95. The molecule has 3 rings (SSSR count). The Kier molecular flexibility index (Phi) is 10.3. The van der Waals surface area contributed by atoms with Gasteiger partial charge < -0.3 is 10.2 Å². The molecule has 0 aliphatic heterocycles. The van der Waals surface area contributed by atoms with Gasteiger partial charge in [-0.1, -0.05) is 86.6 Å². The summed E-state index contributed by atoms with van der Waals surface area (Å²) in [7, 11) is -3.79. The first kappa shape index (κ1) is 29.9. The average molecular weight is 550 g/mol. The molecule has 0 saturated carbocycles. The number of nitrogens with zero attached hydrogens (tertiary/aromatic N) is 2. The molecule has 2 amide bonds. The molecule has 1 N–H and O–H groups in total. The third-order valence-corrected chi connectivity index (χ3v) is 7.57. The van der Waals surface area contributed by atoms with E-state index in [1.54, 1.807) is 12.1 Å². The van der Waals surface area contributed by atoms with E-state index in [2.05, 4.69) is 19.2 Å². The normalized spacial score (nSPS) is 12.3. The zero-order valence-corrected chi connectivity index (χ0v) is 24.2. The van der Waals surface area contributed by atoms with Crippen molar-refractivity contribution >= 4 is 27.5 Å². The second-order valence-electron chi connectivity index (χ2n) is 10.4. The zero-order chi connectivity index (χ0) is 28.6. The van der Waals surface area contributed by atoms with Crippen LogP contribution in [0.2, 0.25) is 0 Å². The minimum Gasteiger partial charge on any atom is -0.352 e. The number of rotatable bonds is 12. The van der Waals surface area contributed by atoms with Crippen LogP contribution in [0.1, 0.15) is 50.3 Å². The van der Waals surface area contributed by atoms with Gasteiger partial charge in [0.05, 0.1) is 11.9 Å². The first-order valence-electron chi connectivity index (χ1n) is 13.2. The summed E-state index contributed by atoms with van der Waals surface area (Å²) in [6, 6.07) is 25.1. The Hall–Kier alpha value is -3.65. The Bertz CT molecular complexity index is 1330. The third kappa shape index (κ3) is 8.68. The Balaban J connectivity index is 2.02. The van der Waals surface area contributed by atoms with Gasteiger partial charge in [-0.15, -0.1) is 0 Å². The van der Waals surface area contributed by atoms with Crippen LogP contribution in [-0.4, -0.2) is 50.0 Å². The SMILES string of the molecule is CC(C)NC(=O)[C@@H](Cc1ccccc1)N(Cc1ccccc1)C(=O)CN(c1ccc(C(C)C)cc1)S(C)(=O)=O. The maximum absolute atomic E-state index is 14.0. The van der Waals surface area contributed by atoms with Gasteiger partial charge in [0.2, 0.25) is 21.8 Å². The Morgan fingerprint density at radius 3 is 1.82 bits per heavy atom. The number of carbonyl (C=O) groups is 2. The molecule has 0 saturated heterocycles. The molecule has 39 heavy (non-hydrogen) atoms. The quantitative estimate of drug-likeness (QED) is 0.354. The van der Waals surface area contributed by atoms with Crippen molar-refractivity contribution in [3.05, 3.63) is 102 Å². The number of anilines is 1. The number of carbonyl (C=O) groups excluding carboxylic acids is 2. The molecule has 1 atom stereocenters. The van der Waals surface area contributed by atoms with Crippen LogP contribution in [0.5, 0.6) is 0 Å². The van der Waals surface area contributed by atoms with Crippen LogP contribution in [0.15, 0.2) is 84.9 Å². The molecule has 0 spiro atoms. The van der Waals surface area contributed by atoms with Crippen molar-refractivity contribution in [2.45, 2.75) is 58.7 Å². The lowest BCUT2D eigenvalue weighted by molar-refractivity contribution is -0.140. The summed E-state index contributed by atoms with van der Waals surface area (Å²) < 4.78 is 26.9. The smallest absolute Gasteiger partial charge is 0.244 e. The van der Waals surface area contributed by atoms with Crippen LogP contribution in [0.3, 0.4) is 0 Å². The molecule has 0 aromatic heterocycles. The summed E-state index contributed by atoms with van der Waals surface area (Å²) in [4.78, 5) is 29.0. The van der Waals surface area contributed by atoms with Crippen molar-refractivity contribution in [3.8, 4) is 0 Å². The molecular formula is C31H39N3O4S. The highest BCUT2D eigenvalue weighted by Crippen LogP contribution is 2.23. The molecule has 0 heterocycles. The molecule has 0 bridgehead atoms. The van der Waals surface area contributed by atoms with E-state index in [0.29, 0.717) is 12.1 Å². The van der Waals surface area contributed by atoms with Crippen LogP contribution in [0, 0.1) is 0 Å². The van der Waals surface area contributed by atoms with Gasteiger partial charge in [0.25, 0.3) is 0 Å². The van der Waals surface area contributed by atoms with E-state index in [-0.39, 0.29) is 24.4 Å². The van der Waals surface area contributed by atoms with Crippen LogP contribution >= 0.6 is 0 Å². The fraction of sp³-hybridized carbons (Fsp3) is 0.355. The largest absolute Gasteiger partial charge is 0.352 e. The maximum Gasteiger partial charge on any atom is 0.244 e. The minimum absolute atomic E-state index is 0.128. The molecule has 208 valence electrons. The van der Waals surface area contributed by atoms with Crippen molar-refractivity contribution in [3.63, 3.8) is 0 Å². The molecule has 8 heteroatoms. The highest BCUT2D eigenvalue weighted by atomic mass is 32.2. The van der Waals surface area contributed by atoms with E-state index in [0.717, 1.165) is 27.3 Å². The van der Waals surface area contributed by atoms with Crippen LogP contribution < -0.4 is 9.62 Å². The highest BCUT2D eigenvalue weighted by Gasteiger charge is 2.33. The Labute approximate surface area is 232 Å². The van der Waals surface area contributed by atoms with Crippen molar-refractivity contribution in [2.75, 3.05) is 17.1 Å². The predicted octanol–water partition coefficient (Wildman–Crippen LogP) is 4.74. The summed E-state index contributed by atoms with van der Waals surface area (Å²) in [6.45, 7) is 7.59. The van der Waals surface area contributed by atoms with Gasteiger partial charge in [0.1, 0.15) is 12.6 Å². The van der Waals surface area contributed by atoms with Crippen molar-refractivity contribution in [1.82, 2.24) is 10.2 Å². The van der Waals surface area contributed by atoms with E-state index in [4.69, 9.17) is 0 Å². The topological polar surface area (TPSA) is 86.8 Å². The average Bonchev–Trinajstić information content (AvgIpc) is 2.89. The lowest BCUT2D eigenvalue weighted by Crippen LogP contribution is -2.54. The first-order valence-corrected chi connectivity index (χ1v) is 15.1. The van der Waals surface area contributed by atoms with Crippen LogP contribution in [-0.2, 0) is 32.6 Å². The second kappa shape index (κ2) is 13.4. The van der Waals surface area contributed by atoms with Gasteiger partial charge in [-0.05, 0) is 48.6 Å². The second-order valence-corrected chi connectivity index (χ2v) is 12.3. The van der Waals surface area contributed by atoms with Crippen molar-refractivity contribution in [1.29, 1.82) is 0 Å². The zero-order valence-electron chi connectivity index (χ0n) is 23.4. The summed E-state index contributed by atoms with van der Waals surface area (Å²) in [5.74, 6) is -0.464. The van der Waals surface area contributed by atoms with Crippen LogP contribution in [0.4, 0.5) is 5.69 Å². The van der Waals surface area contributed by atoms with Gasteiger partial charge in [0.15, 0.2) is 0 Å². The fourth-order valence-corrected chi connectivity index (χ4v) is 5.20. The van der Waals surface area contributed by atoms with E-state index in [1.165, 1.54) is 4.90 Å². The van der Waals surface area contributed by atoms with Gasteiger partial charge in [0, 0.05) is 19.0 Å². The van der Waals surface area contributed by atoms with E-state index >= 15 is 0 Å². The molecular weight excluding hydrogens is 510 g/mol. The highest BCUT2D eigenvalue weighted by molar-refractivity contribution is 7.92. The van der Waals surface area contributed by atoms with Crippen molar-refractivity contribution in [2.24, 2.45) is 0 Å². The summed E-state index contributed by atoms with van der Waals surface area (Å²) in [6.07, 6.45) is 1.38. The van der Waals surface area contributed by atoms with Gasteiger partial charge in [-0.2, -0.15) is 0 Å². The monoisotopic (exact) mass is 549 g/mol. The predicted molar refractivity (Wildman–Crippen MR) is 157 cm³/mol. The van der Waals surface area contributed by atoms with Crippen molar-refractivity contribution < 1.29 is 18.0 Å². The number of amides is 2. The number of hydrogen-bond acceptors (Lipinski definition) is 4. The Morgan fingerprint density at radius 2 is 1.33 bits per heavy atom. The molecule has 0 unspecified atom stereocenters. The standard InChI is InChI=1S/C31H39N3O4S/c1-23(2)27-16-18-28(19-17-27)34(39(5,37)38)22-30(35)33(21-26-14-10-7-11-15-26)29(31(36)32-24(3)4)20-25-12-8-6-9-13-25/h6-19,23-24,29H,20-22H2,1-5H3,(H,32,36)/t29-/m1/s1. The molecule has 0 aliphatic carbocycles. The van der Waals surface area contributed by atoms with Gasteiger partial charge in [-0.25, -0.2) is 8.42 Å². The summed E-state index contributed by atoms with van der Waals surface area (Å²) >= 11 is 0. The van der Waals surface area contributed by atoms with Gasteiger partial charge >= 0.3 is 0 Å². The van der Waals surface area contributed by atoms with E-state index in [1.807, 2.05) is 86.6 Å². The molecule has 3 aromatic carbocycles. The van der Waals surface area contributed by atoms with Crippen LogP contribution in [0.25, 0.3) is 0 Å². The maximum atomic E-state index is 14.0.